The number of likely N-dealkylation sites (tertiary alicyclic amines) is 1. The van der Waals surface area contributed by atoms with Crippen LogP contribution in [0.4, 0.5) is 0 Å². The highest BCUT2D eigenvalue weighted by Crippen LogP contribution is 2.16. The van der Waals surface area contributed by atoms with Gasteiger partial charge in [-0.2, -0.15) is 0 Å². The Hall–Kier alpha value is -0.610. The Kier molecular flexibility index (Phi) is 5.22. The second-order valence-corrected chi connectivity index (χ2v) is 4.88. The SMILES string of the molecule is CC(CO)N(C)CC(=O)N1CCCCC1C. The maximum atomic E-state index is 12.0. The quantitative estimate of drug-likeness (QED) is 0.770. The molecule has 16 heavy (non-hydrogen) atoms. The van der Waals surface area contributed by atoms with Crippen LogP contribution in [0.3, 0.4) is 0 Å². The van der Waals surface area contributed by atoms with Crippen molar-refractivity contribution >= 4 is 5.91 Å². The van der Waals surface area contributed by atoms with E-state index in [0.717, 1.165) is 19.4 Å². The van der Waals surface area contributed by atoms with Crippen LogP contribution in [0.2, 0.25) is 0 Å². The molecule has 4 nitrogen and oxygen atoms in total. The van der Waals surface area contributed by atoms with Gasteiger partial charge in [-0.3, -0.25) is 9.69 Å². The molecule has 0 spiro atoms. The Morgan fingerprint density at radius 3 is 2.81 bits per heavy atom. The number of carbonyl (C=O) groups excluding carboxylic acids is 1. The van der Waals surface area contributed by atoms with Gasteiger partial charge < -0.3 is 10.0 Å². The summed E-state index contributed by atoms with van der Waals surface area (Å²) in [7, 11) is 1.88. The van der Waals surface area contributed by atoms with E-state index in [1.165, 1.54) is 6.42 Å². The highest BCUT2D eigenvalue weighted by molar-refractivity contribution is 5.78. The Morgan fingerprint density at radius 1 is 1.56 bits per heavy atom. The van der Waals surface area contributed by atoms with Crippen LogP contribution in [-0.4, -0.2) is 59.6 Å². The van der Waals surface area contributed by atoms with Crippen LogP contribution in [0.1, 0.15) is 33.1 Å². The smallest absolute Gasteiger partial charge is 0.236 e. The van der Waals surface area contributed by atoms with Gasteiger partial charge in [0.1, 0.15) is 0 Å². The first-order chi connectivity index (χ1) is 7.56. The molecule has 1 aliphatic rings. The lowest BCUT2D eigenvalue weighted by Gasteiger charge is -2.35. The molecular formula is C12H24N2O2. The standard InChI is InChI=1S/C12H24N2O2/c1-10-6-4-5-7-14(10)12(16)8-13(3)11(2)9-15/h10-11,15H,4-9H2,1-3H3. The fourth-order valence-electron chi connectivity index (χ4n) is 2.07. The molecule has 4 heteroatoms. The summed E-state index contributed by atoms with van der Waals surface area (Å²) in [5, 5.41) is 9.01. The normalized spacial score (nSPS) is 23.6. The van der Waals surface area contributed by atoms with Crippen molar-refractivity contribution in [2.45, 2.75) is 45.2 Å². The minimum atomic E-state index is 0.0454. The molecule has 0 aromatic carbocycles. The largest absolute Gasteiger partial charge is 0.395 e. The van der Waals surface area contributed by atoms with E-state index in [9.17, 15) is 4.79 Å². The third-order valence-electron chi connectivity index (χ3n) is 3.52. The monoisotopic (exact) mass is 228 g/mol. The molecule has 1 rings (SSSR count). The number of rotatable bonds is 4. The molecule has 1 aliphatic heterocycles. The van der Waals surface area contributed by atoms with E-state index < -0.39 is 0 Å². The molecule has 1 amide bonds. The van der Waals surface area contributed by atoms with Crippen LogP contribution in [0.25, 0.3) is 0 Å². The lowest BCUT2D eigenvalue weighted by Crippen LogP contribution is -2.48. The van der Waals surface area contributed by atoms with Gasteiger partial charge in [0.25, 0.3) is 0 Å². The summed E-state index contributed by atoms with van der Waals surface area (Å²) < 4.78 is 0. The van der Waals surface area contributed by atoms with Crippen LogP contribution >= 0.6 is 0 Å². The van der Waals surface area contributed by atoms with E-state index >= 15 is 0 Å². The molecule has 1 N–H and O–H groups in total. The van der Waals surface area contributed by atoms with Gasteiger partial charge in [0, 0.05) is 18.6 Å². The van der Waals surface area contributed by atoms with E-state index in [0.29, 0.717) is 12.6 Å². The molecule has 0 aromatic rings. The summed E-state index contributed by atoms with van der Waals surface area (Å²) in [5.74, 6) is 0.190. The number of aliphatic hydroxyl groups excluding tert-OH is 1. The molecule has 2 atom stereocenters. The van der Waals surface area contributed by atoms with E-state index in [-0.39, 0.29) is 18.6 Å². The Labute approximate surface area is 98.2 Å². The predicted octanol–water partition coefficient (Wildman–Crippen LogP) is 0.700. The van der Waals surface area contributed by atoms with Gasteiger partial charge in [-0.1, -0.05) is 0 Å². The van der Waals surface area contributed by atoms with Crippen molar-refractivity contribution in [1.29, 1.82) is 0 Å². The second kappa shape index (κ2) is 6.21. The Balaban J connectivity index is 2.44. The molecule has 0 aromatic heterocycles. The van der Waals surface area contributed by atoms with Crippen LogP contribution in [-0.2, 0) is 4.79 Å². The van der Waals surface area contributed by atoms with Crippen molar-refractivity contribution < 1.29 is 9.90 Å². The summed E-state index contributed by atoms with van der Waals surface area (Å²) in [5.41, 5.74) is 0. The van der Waals surface area contributed by atoms with Crippen LogP contribution < -0.4 is 0 Å². The molecule has 2 unspecified atom stereocenters. The molecule has 1 saturated heterocycles. The zero-order valence-electron chi connectivity index (χ0n) is 10.6. The van der Waals surface area contributed by atoms with E-state index in [2.05, 4.69) is 6.92 Å². The summed E-state index contributed by atoms with van der Waals surface area (Å²) in [6.45, 7) is 5.44. The number of hydrogen-bond acceptors (Lipinski definition) is 3. The van der Waals surface area contributed by atoms with Gasteiger partial charge in [-0.25, -0.2) is 0 Å². The number of likely N-dealkylation sites (N-methyl/N-ethyl adjacent to an activating group) is 1. The van der Waals surface area contributed by atoms with E-state index in [1.54, 1.807) is 0 Å². The van der Waals surface area contributed by atoms with Gasteiger partial charge in [0.15, 0.2) is 0 Å². The Bertz CT molecular complexity index is 233. The summed E-state index contributed by atoms with van der Waals surface area (Å²) in [6.07, 6.45) is 3.47. The zero-order chi connectivity index (χ0) is 12.1. The topological polar surface area (TPSA) is 43.8 Å². The molecular weight excluding hydrogens is 204 g/mol. The number of carbonyl (C=O) groups is 1. The maximum absolute atomic E-state index is 12.0. The molecule has 94 valence electrons. The maximum Gasteiger partial charge on any atom is 0.236 e. The highest BCUT2D eigenvalue weighted by Gasteiger charge is 2.24. The molecule has 0 bridgehead atoms. The van der Waals surface area contributed by atoms with Gasteiger partial charge >= 0.3 is 0 Å². The van der Waals surface area contributed by atoms with Crippen molar-refractivity contribution in [3.63, 3.8) is 0 Å². The van der Waals surface area contributed by atoms with Gasteiger partial charge in [-0.05, 0) is 40.2 Å². The zero-order valence-corrected chi connectivity index (χ0v) is 10.6. The van der Waals surface area contributed by atoms with E-state index in [4.69, 9.17) is 5.11 Å². The first kappa shape index (κ1) is 13.5. The van der Waals surface area contributed by atoms with Crippen molar-refractivity contribution in [2.75, 3.05) is 26.7 Å². The lowest BCUT2D eigenvalue weighted by atomic mass is 10.0. The van der Waals surface area contributed by atoms with E-state index in [1.807, 2.05) is 23.8 Å². The average Bonchev–Trinajstić information content (AvgIpc) is 2.28. The molecule has 0 aliphatic carbocycles. The minimum Gasteiger partial charge on any atom is -0.395 e. The third kappa shape index (κ3) is 3.46. The number of nitrogens with zero attached hydrogens (tertiary/aromatic N) is 2. The van der Waals surface area contributed by atoms with Crippen molar-refractivity contribution in [1.82, 2.24) is 9.80 Å². The third-order valence-corrected chi connectivity index (χ3v) is 3.52. The molecule has 0 radical (unpaired) electrons. The summed E-state index contributed by atoms with van der Waals surface area (Å²) in [4.78, 5) is 15.9. The fraction of sp³-hybridized carbons (Fsp3) is 0.917. The van der Waals surface area contributed by atoms with Gasteiger partial charge in [0.05, 0.1) is 13.2 Å². The lowest BCUT2D eigenvalue weighted by molar-refractivity contribution is -0.135. The number of amides is 1. The molecule has 1 heterocycles. The fourth-order valence-corrected chi connectivity index (χ4v) is 2.07. The predicted molar refractivity (Wildman–Crippen MR) is 64.2 cm³/mol. The van der Waals surface area contributed by atoms with Crippen LogP contribution in [0.15, 0.2) is 0 Å². The first-order valence-corrected chi connectivity index (χ1v) is 6.16. The number of hydrogen-bond donors (Lipinski definition) is 1. The number of aliphatic hydroxyl groups is 1. The number of piperidine rings is 1. The highest BCUT2D eigenvalue weighted by atomic mass is 16.3. The minimum absolute atomic E-state index is 0.0454. The molecule has 1 fully saturated rings. The summed E-state index contributed by atoms with van der Waals surface area (Å²) >= 11 is 0. The van der Waals surface area contributed by atoms with Gasteiger partial charge in [0.2, 0.25) is 5.91 Å². The molecule has 0 saturated carbocycles. The average molecular weight is 228 g/mol. The first-order valence-electron chi connectivity index (χ1n) is 6.16. The Morgan fingerprint density at radius 2 is 2.25 bits per heavy atom. The van der Waals surface area contributed by atoms with Crippen molar-refractivity contribution in [2.24, 2.45) is 0 Å². The second-order valence-electron chi connectivity index (χ2n) is 4.88. The van der Waals surface area contributed by atoms with Gasteiger partial charge in [-0.15, -0.1) is 0 Å². The summed E-state index contributed by atoms with van der Waals surface area (Å²) in [6, 6.07) is 0.420. The van der Waals surface area contributed by atoms with Crippen molar-refractivity contribution in [3.05, 3.63) is 0 Å². The van der Waals surface area contributed by atoms with Crippen molar-refractivity contribution in [3.8, 4) is 0 Å². The van der Waals surface area contributed by atoms with Crippen LogP contribution in [0, 0.1) is 0 Å². The van der Waals surface area contributed by atoms with Crippen LogP contribution in [0.5, 0.6) is 0 Å².